The van der Waals surface area contributed by atoms with E-state index in [4.69, 9.17) is 16.3 Å². The van der Waals surface area contributed by atoms with Gasteiger partial charge in [0, 0.05) is 9.50 Å². The van der Waals surface area contributed by atoms with Crippen LogP contribution in [0.2, 0.25) is 5.02 Å². The van der Waals surface area contributed by atoms with Crippen LogP contribution in [-0.4, -0.2) is 27.2 Å². The second kappa shape index (κ2) is 10.3. The van der Waals surface area contributed by atoms with Gasteiger partial charge in [-0.05, 0) is 54.1 Å². The van der Waals surface area contributed by atoms with Crippen molar-refractivity contribution in [3.8, 4) is 5.75 Å². The van der Waals surface area contributed by atoms with Crippen molar-refractivity contribution < 1.29 is 22.3 Å². The summed E-state index contributed by atoms with van der Waals surface area (Å²) in [6.07, 6.45) is 1.11. The van der Waals surface area contributed by atoms with Crippen LogP contribution in [0.15, 0.2) is 71.2 Å². The number of carbonyl (C=O) groups is 1. The number of carbonyl (C=O) groups excluding carboxylic acids is 1. The molecule has 32 heavy (non-hydrogen) atoms. The van der Waals surface area contributed by atoms with Crippen molar-refractivity contribution in [2.45, 2.75) is 6.54 Å². The number of hydrogen-bond acceptors (Lipinski definition) is 4. The summed E-state index contributed by atoms with van der Waals surface area (Å²) in [6, 6.07) is 17.5. The first kappa shape index (κ1) is 24.0. The molecule has 3 aromatic carbocycles. The van der Waals surface area contributed by atoms with Crippen LogP contribution < -0.4 is 14.4 Å². The van der Waals surface area contributed by atoms with E-state index >= 15 is 0 Å². The van der Waals surface area contributed by atoms with E-state index in [0.717, 1.165) is 6.26 Å². The second-order valence-electron chi connectivity index (χ2n) is 6.82. The molecule has 0 fully saturated rings. The Morgan fingerprint density at radius 2 is 1.81 bits per heavy atom. The number of hydrogen-bond donors (Lipinski definition) is 1. The van der Waals surface area contributed by atoms with E-state index in [1.54, 1.807) is 54.6 Å². The van der Waals surface area contributed by atoms with Gasteiger partial charge in [-0.2, -0.15) is 0 Å². The summed E-state index contributed by atoms with van der Waals surface area (Å²) in [5.41, 5.74) is 1.12. The molecule has 10 heteroatoms. The summed E-state index contributed by atoms with van der Waals surface area (Å²) in [5, 5.41) is 2.90. The van der Waals surface area contributed by atoms with Crippen molar-refractivity contribution in [3.05, 3.63) is 87.6 Å². The zero-order chi connectivity index (χ0) is 23.3. The molecule has 0 spiro atoms. The number of anilines is 2. The molecule has 168 valence electrons. The van der Waals surface area contributed by atoms with Gasteiger partial charge in [-0.25, -0.2) is 12.8 Å². The summed E-state index contributed by atoms with van der Waals surface area (Å²) < 4.78 is 45.7. The number of rotatable bonds is 8. The van der Waals surface area contributed by atoms with E-state index in [0.29, 0.717) is 26.5 Å². The Balaban J connectivity index is 1.66. The van der Waals surface area contributed by atoms with Crippen LogP contribution in [0.25, 0.3) is 0 Å². The Labute approximate surface area is 199 Å². The molecule has 6 nitrogen and oxygen atoms in total. The van der Waals surface area contributed by atoms with Crippen molar-refractivity contribution in [3.63, 3.8) is 0 Å². The Bertz CT molecular complexity index is 1220. The van der Waals surface area contributed by atoms with Crippen LogP contribution in [0, 0.1) is 5.82 Å². The highest BCUT2D eigenvalue weighted by Gasteiger charge is 2.19. The molecule has 1 amide bonds. The van der Waals surface area contributed by atoms with Crippen LogP contribution in [0.5, 0.6) is 5.75 Å². The fourth-order valence-electron chi connectivity index (χ4n) is 2.82. The molecule has 0 aliphatic heterocycles. The largest absolute Gasteiger partial charge is 0.484 e. The zero-order valence-electron chi connectivity index (χ0n) is 16.9. The number of sulfonamides is 1. The van der Waals surface area contributed by atoms with Crippen molar-refractivity contribution in [2.24, 2.45) is 0 Å². The van der Waals surface area contributed by atoms with Gasteiger partial charge in [0.05, 0.1) is 24.2 Å². The second-order valence-corrected chi connectivity index (χ2v) is 10.0. The van der Waals surface area contributed by atoms with Gasteiger partial charge < -0.3 is 10.1 Å². The van der Waals surface area contributed by atoms with Crippen molar-refractivity contribution in [1.29, 1.82) is 0 Å². The van der Waals surface area contributed by atoms with Crippen LogP contribution in [0.1, 0.15) is 5.56 Å². The van der Waals surface area contributed by atoms with Crippen LogP contribution in [0.4, 0.5) is 15.8 Å². The van der Waals surface area contributed by atoms with E-state index < -0.39 is 21.7 Å². The molecule has 0 atom stereocenters. The molecule has 3 rings (SSSR count). The van der Waals surface area contributed by atoms with Gasteiger partial charge in [-0.1, -0.05) is 45.7 Å². The molecule has 0 aliphatic rings. The van der Waals surface area contributed by atoms with Crippen molar-refractivity contribution in [2.75, 3.05) is 22.5 Å². The highest BCUT2D eigenvalue weighted by atomic mass is 79.9. The van der Waals surface area contributed by atoms with E-state index in [1.807, 2.05) is 0 Å². The smallest absolute Gasteiger partial charge is 0.262 e. The maximum absolute atomic E-state index is 13.8. The molecule has 0 saturated carbocycles. The van der Waals surface area contributed by atoms with Gasteiger partial charge in [-0.15, -0.1) is 0 Å². The Morgan fingerprint density at radius 3 is 2.44 bits per heavy atom. The summed E-state index contributed by atoms with van der Waals surface area (Å²) in [5.74, 6) is -0.755. The Morgan fingerprint density at radius 1 is 1.12 bits per heavy atom. The first-order valence-electron chi connectivity index (χ1n) is 9.32. The average Bonchev–Trinajstić information content (AvgIpc) is 2.73. The third-order valence-electron chi connectivity index (χ3n) is 4.37. The van der Waals surface area contributed by atoms with E-state index in [9.17, 15) is 17.6 Å². The third kappa shape index (κ3) is 6.44. The fourth-order valence-corrected chi connectivity index (χ4v) is 4.22. The first-order chi connectivity index (χ1) is 15.1. The van der Waals surface area contributed by atoms with E-state index in [-0.39, 0.29) is 18.8 Å². The summed E-state index contributed by atoms with van der Waals surface area (Å²) in [6.45, 7) is -0.274. The average molecular weight is 542 g/mol. The molecule has 0 aliphatic carbocycles. The van der Waals surface area contributed by atoms with Crippen LogP contribution in [0.3, 0.4) is 0 Å². The van der Waals surface area contributed by atoms with Gasteiger partial charge in [0.2, 0.25) is 10.0 Å². The highest BCUT2D eigenvalue weighted by molar-refractivity contribution is 9.10. The molecule has 0 bridgehead atoms. The Hall–Kier alpha value is -2.62. The third-order valence-corrected chi connectivity index (χ3v) is 6.37. The number of benzene rings is 3. The van der Waals surface area contributed by atoms with Gasteiger partial charge in [0.25, 0.3) is 5.91 Å². The van der Waals surface area contributed by atoms with Crippen molar-refractivity contribution in [1.82, 2.24) is 0 Å². The van der Waals surface area contributed by atoms with Gasteiger partial charge in [-0.3, -0.25) is 9.10 Å². The molecular formula is C22H19BrClFN2O4S. The lowest BCUT2D eigenvalue weighted by atomic mass is 10.2. The quantitative estimate of drug-likeness (QED) is 0.424. The van der Waals surface area contributed by atoms with Crippen LogP contribution >= 0.6 is 27.5 Å². The van der Waals surface area contributed by atoms with Gasteiger partial charge in [0.15, 0.2) is 6.61 Å². The first-order valence-corrected chi connectivity index (χ1v) is 12.3. The van der Waals surface area contributed by atoms with Crippen LogP contribution in [-0.2, 0) is 21.4 Å². The van der Waals surface area contributed by atoms with E-state index in [2.05, 4.69) is 21.2 Å². The lowest BCUT2D eigenvalue weighted by Gasteiger charge is -2.23. The van der Waals surface area contributed by atoms with Gasteiger partial charge >= 0.3 is 0 Å². The molecule has 1 N–H and O–H groups in total. The SMILES string of the molecule is CS(=O)(=O)N(Cc1ccccc1Cl)c1ccc(OCC(=O)Nc2ccc(Br)cc2F)cc1. The minimum Gasteiger partial charge on any atom is -0.484 e. The number of nitrogens with one attached hydrogen (secondary N) is 1. The lowest BCUT2D eigenvalue weighted by Crippen LogP contribution is -2.29. The normalized spacial score (nSPS) is 11.1. The molecule has 0 aromatic heterocycles. The standard InChI is InChI=1S/C22H19BrClFN2O4S/c1-32(29,30)27(13-15-4-2-3-5-19(15)24)17-7-9-18(10-8-17)31-14-22(28)26-21-11-6-16(23)12-20(21)25/h2-12H,13-14H2,1H3,(H,26,28). The topological polar surface area (TPSA) is 75.7 Å². The molecule has 0 unspecified atom stereocenters. The summed E-state index contributed by atoms with van der Waals surface area (Å²) >= 11 is 9.32. The predicted octanol–water partition coefficient (Wildman–Crippen LogP) is 5.23. The van der Waals surface area contributed by atoms with Crippen molar-refractivity contribution >= 4 is 54.8 Å². The number of amides is 1. The van der Waals surface area contributed by atoms with E-state index in [1.165, 1.54) is 16.4 Å². The number of nitrogens with zero attached hydrogens (tertiary/aromatic N) is 1. The number of halogens is 3. The lowest BCUT2D eigenvalue weighted by molar-refractivity contribution is -0.118. The maximum atomic E-state index is 13.8. The minimum atomic E-state index is -3.58. The maximum Gasteiger partial charge on any atom is 0.262 e. The summed E-state index contributed by atoms with van der Waals surface area (Å²) in [7, 11) is -3.58. The monoisotopic (exact) mass is 540 g/mol. The molecule has 0 heterocycles. The fraction of sp³-hybridized carbons (Fsp3) is 0.136. The summed E-state index contributed by atoms with van der Waals surface area (Å²) in [4.78, 5) is 12.1. The Kier molecular flexibility index (Phi) is 7.76. The minimum absolute atomic E-state index is 0.0421. The number of ether oxygens (including phenoxy) is 1. The molecule has 3 aromatic rings. The molecule has 0 radical (unpaired) electrons. The zero-order valence-corrected chi connectivity index (χ0v) is 20.0. The predicted molar refractivity (Wildman–Crippen MR) is 127 cm³/mol. The molecule has 0 saturated heterocycles. The molecular weight excluding hydrogens is 523 g/mol. The van der Waals surface area contributed by atoms with Gasteiger partial charge in [0.1, 0.15) is 11.6 Å². The highest BCUT2D eigenvalue weighted by Crippen LogP contribution is 2.26.